The van der Waals surface area contributed by atoms with Crippen molar-refractivity contribution in [2.45, 2.75) is 115 Å². The SMILES string of the molecule is CCCC(NC(=O)[C@@H]1CN(C(=O)OC(C)(C)C)C[C@@H]1NC(=O)CNC(=O)C(NC(=O)c1cnccn1)C1CCCCC1)C(=O)C(=O)NC1CC1. The van der Waals surface area contributed by atoms with E-state index in [0.717, 1.165) is 44.9 Å². The number of Topliss-reactive ketones (excluding diaryl/α,β-unsaturated/α-hetero) is 1. The summed E-state index contributed by atoms with van der Waals surface area (Å²) in [5.41, 5.74) is -0.754. The predicted octanol–water partition coefficient (Wildman–Crippen LogP) is 0.756. The Kier molecular flexibility index (Phi) is 13.2. The van der Waals surface area contributed by atoms with Crippen LogP contribution in [-0.2, 0) is 28.7 Å². The summed E-state index contributed by atoms with van der Waals surface area (Å²) in [5, 5.41) is 13.5. The number of aromatic nitrogens is 2. The van der Waals surface area contributed by atoms with E-state index in [-0.39, 0.29) is 37.2 Å². The molecule has 2 unspecified atom stereocenters. The second kappa shape index (κ2) is 17.3. The molecule has 1 saturated heterocycles. The number of carbonyl (C=O) groups is 7. The summed E-state index contributed by atoms with van der Waals surface area (Å²) in [7, 11) is 0. The van der Waals surface area contributed by atoms with Gasteiger partial charge < -0.3 is 36.2 Å². The van der Waals surface area contributed by atoms with Crippen molar-refractivity contribution in [3.8, 4) is 0 Å². The third-order valence-corrected chi connectivity index (χ3v) is 8.91. The first-order chi connectivity index (χ1) is 23.8. The van der Waals surface area contributed by atoms with Gasteiger partial charge in [0.1, 0.15) is 17.3 Å². The maximum absolute atomic E-state index is 13.6. The highest BCUT2D eigenvalue weighted by Crippen LogP contribution is 2.27. The van der Waals surface area contributed by atoms with Crippen LogP contribution in [0.4, 0.5) is 4.79 Å². The Morgan fingerprint density at radius 3 is 2.28 bits per heavy atom. The lowest BCUT2D eigenvalue weighted by molar-refractivity contribution is -0.140. The molecule has 0 aromatic carbocycles. The summed E-state index contributed by atoms with van der Waals surface area (Å²) in [6, 6.07) is -2.91. The van der Waals surface area contributed by atoms with E-state index >= 15 is 0 Å². The Morgan fingerprint density at radius 2 is 1.66 bits per heavy atom. The number of ketones is 1. The van der Waals surface area contributed by atoms with Gasteiger partial charge in [-0.1, -0.05) is 32.6 Å². The molecule has 0 bridgehead atoms. The van der Waals surface area contributed by atoms with Crippen molar-refractivity contribution in [1.82, 2.24) is 41.5 Å². The van der Waals surface area contributed by atoms with Gasteiger partial charge >= 0.3 is 6.09 Å². The van der Waals surface area contributed by atoms with Crippen LogP contribution in [0.25, 0.3) is 0 Å². The quantitative estimate of drug-likeness (QED) is 0.172. The van der Waals surface area contributed by atoms with E-state index in [4.69, 9.17) is 4.74 Å². The van der Waals surface area contributed by atoms with Gasteiger partial charge in [-0.25, -0.2) is 9.78 Å². The van der Waals surface area contributed by atoms with Crippen molar-refractivity contribution in [2.75, 3.05) is 19.6 Å². The second-order valence-electron chi connectivity index (χ2n) is 14.3. The number of amides is 6. The lowest BCUT2D eigenvalue weighted by Crippen LogP contribution is -2.55. The van der Waals surface area contributed by atoms with E-state index in [2.05, 4.69) is 36.6 Å². The maximum atomic E-state index is 13.6. The molecular formula is C34H50N8O8. The van der Waals surface area contributed by atoms with Gasteiger partial charge in [0.2, 0.25) is 23.5 Å². The molecule has 1 aromatic rings. The third-order valence-electron chi connectivity index (χ3n) is 8.91. The van der Waals surface area contributed by atoms with Crippen LogP contribution in [-0.4, -0.2) is 106 Å². The molecule has 16 heteroatoms. The molecule has 3 fully saturated rings. The van der Waals surface area contributed by atoms with Gasteiger partial charge in [0.25, 0.3) is 11.8 Å². The molecule has 0 spiro atoms. The number of hydrogen-bond acceptors (Lipinski definition) is 10. The number of ether oxygens (including phenoxy) is 1. The summed E-state index contributed by atoms with van der Waals surface area (Å²) in [6.45, 7) is 6.30. The summed E-state index contributed by atoms with van der Waals surface area (Å²) in [6.07, 6.45) is 10.1. The molecule has 2 heterocycles. The zero-order valence-corrected chi connectivity index (χ0v) is 29.3. The second-order valence-corrected chi connectivity index (χ2v) is 14.3. The number of nitrogens with one attached hydrogen (secondary N) is 5. The number of hydrogen-bond donors (Lipinski definition) is 5. The molecule has 1 aromatic heterocycles. The Hall–Kier alpha value is -4.63. The highest BCUT2D eigenvalue weighted by Gasteiger charge is 2.43. The molecular weight excluding hydrogens is 648 g/mol. The topological polar surface area (TPSA) is 218 Å². The number of rotatable bonds is 14. The molecule has 2 saturated carbocycles. The fourth-order valence-corrected chi connectivity index (χ4v) is 6.20. The van der Waals surface area contributed by atoms with Gasteiger partial charge in [0, 0.05) is 31.5 Å². The van der Waals surface area contributed by atoms with Crippen LogP contribution in [0.15, 0.2) is 18.6 Å². The monoisotopic (exact) mass is 698 g/mol. The van der Waals surface area contributed by atoms with Crippen LogP contribution in [0.2, 0.25) is 0 Å². The van der Waals surface area contributed by atoms with E-state index < -0.39 is 77.6 Å². The Labute approximate surface area is 292 Å². The van der Waals surface area contributed by atoms with Crippen LogP contribution in [0.5, 0.6) is 0 Å². The largest absolute Gasteiger partial charge is 0.444 e. The summed E-state index contributed by atoms with van der Waals surface area (Å²) < 4.78 is 5.50. The standard InChI is InChI=1S/C34H50N8O8/c1-5-9-23(28(44)32(48)38-21-12-13-21)40-29(45)22-18-42(33(49)50-34(2,3)4)19-25(22)39-26(43)17-37-31(47)27(20-10-7-6-8-11-20)41-30(46)24-16-35-14-15-36-24/h14-16,20-23,25,27H,5-13,17-19H2,1-4H3,(H,37,47)(H,38,48)(H,39,43)(H,40,45)(H,41,46)/t22-,23?,25+,27?/m1/s1. The fraction of sp³-hybridized carbons (Fsp3) is 0.676. The molecule has 4 rings (SSSR count). The molecule has 16 nitrogen and oxygen atoms in total. The molecule has 4 atom stereocenters. The predicted molar refractivity (Wildman–Crippen MR) is 179 cm³/mol. The van der Waals surface area contributed by atoms with E-state index in [0.29, 0.717) is 6.42 Å². The first kappa shape index (κ1) is 38.2. The first-order valence-electron chi connectivity index (χ1n) is 17.5. The van der Waals surface area contributed by atoms with Gasteiger partial charge in [0.15, 0.2) is 0 Å². The number of nitrogens with zero attached hydrogens (tertiary/aromatic N) is 3. The zero-order chi connectivity index (χ0) is 36.4. The van der Waals surface area contributed by atoms with Gasteiger partial charge in [0.05, 0.1) is 30.7 Å². The average Bonchev–Trinajstić information content (AvgIpc) is 3.80. The van der Waals surface area contributed by atoms with Crippen molar-refractivity contribution in [1.29, 1.82) is 0 Å². The Balaban J connectivity index is 1.42. The van der Waals surface area contributed by atoms with Crippen molar-refractivity contribution in [3.63, 3.8) is 0 Å². The molecule has 274 valence electrons. The van der Waals surface area contributed by atoms with Crippen LogP contribution in [0.1, 0.15) is 96.0 Å². The van der Waals surface area contributed by atoms with Gasteiger partial charge in [-0.3, -0.25) is 33.8 Å². The lowest BCUT2D eigenvalue weighted by atomic mass is 9.83. The minimum Gasteiger partial charge on any atom is -0.444 e. The number of carbonyl (C=O) groups excluding carboxylic acids is 7. The minimum atomic E-state index is -1.08. The molecule has 2 aliphatic carbocycles. The van der Waals surface area contributed by atoms with Gasteiger partial charge in [-0.15, -0.1) is 0 Å². The van der Waals surface area contributed by atoms with Crippen molar-refractivity contribution in [2.24, 2.45) is 11.8 Å². The van der Waals surface area contributed by atoms with Crippen molar-refractivity contribution < 1.29 is 38.3 Å². The highest BCUT2D eigenvalue weighted by atomic mass is 16.6. The smallest absolute Gasteiger partial charge is 0.410 e. The normalized spacial score (nSPS) is 20.5. The molecule has 1 aliphatic heterocycles. The molecule has 0 radical (unpaired) electrons. The highest BCUT2D eigenvalue weighted by molar-refractivity contribution is 6.38. The van der Waals surface area contributed by atoms with E-state index in [9.17, 15) is 33.6 Å². The van der Waals surface area contributed by atoms with Crippen LogP contribution in [0.3, 0.4) is 0 Å². The van der Waals surface area contributed by atoms with E-state index in [1.54, 1.807) is 20.8 Å². The molecule has 3 aliphatic rings. The molecule has 50 heavy (non-hydrogen) atoms. The first-order valence-corrected chi connectivity index (χ1v) is 17.5. The zero-order valence-electron chi connectivity index (χ0n) is 29.3. The summed E-state index contributed by atoms with van der Waals surface area (Å²) in [5.74, 6) is -4.96. The summed E-state index contributed by atoms with van der Waals surface area (Å²) in [4.78, 5) is 101. The molecule has 6 amide bonds. The Morgan fingerprint density at radius 1 is 0.940 bits per heavy atom. The summed E-state index contributed by atoms with van der Waals surface area (Å²) >= 11 is 0. The fourth-order valence-electron chi connectivity index (χ4n) is 6.20. The van der Waals surface area contributed by atoms with Crippen molar-refractivity contribution in [3.05, 3.63) is 24.3 Å². The van der Waals surface area contributed by atoms with Gasteiger partial charge in [-0.05, 0) is 58.8 Å². The van der Waals surface area contributed by atoms with Crippen LogP contribution in [0, 0.1) is 11.8 Å². The average molecular weight is 699 g/mol. The third kappa shape index (κ3) is 11.2. The maximum Gasteiger partial charge on any atom is 0.410 e. The molecule has 5 N–H and O–H groups in total. The van der Waals surface area contributed by atoms with Crippen molar-refractivity contribution >= 4 is 41.4 Å². The van der Waals surface area contributed by atoms with Gasteiger partial charge in [-0.2, -0.15) is 0 Å². The van der Waals surface area contributed by atoms with E-state index in [1.165, 1.54) is 23.5 Å². The lowest BCUT2D eigenvalue weighted by Gasteiger charge is -2.30. The number of likely N-dealkylation sites (tertiary alicyclic amines) is 1. The van der Waals surface area contributed by atoms with Crippen LogP contribution < -0.4 is 26.6 Å². The van der Waals surface area contributed by atoms with Crippen LogP contribution >= 0.6 is 0 Å². The van der Waals surface area contributed by atoms with E-state index in [1.807, 2.05) is 6.92 Å². The Bertz CT molecular complexity index is 1410. The minimum absolute atomic E-state index is 0.0332.